The van der Waals surface area contributed by atoms with Gasteiger partial charge in [0.05, 0.1) is 23.3 Å². The monoisotopic (exact) mass is 527 g/mol. The van der Waals surface area contributed by atoms with Gasteiger partial charge in [0.1, 0.15) is 17.2 Å². The summed E-state index contributed by atoms with van der Waals surface area (Å²) in [5.74, 6) is 0.0223. The zero-order valence-electron chi connectivity index (χ0n) is 19.5. The number of halogens is 2. The highest BCUT2D eigenvalue weighted by Gasteiger charge is 2.18. The summed E-state index contributed by atoms with van der Waals surface area (Å²) < 4.78 is 40.6. The van der Waals surface area contributed by atoms with E-state index in [-0.39, 0.29) is 17.7 Å². The summed E-state index contributed by atoms with van der Waals surface area (Å²) >= 11 is 6.30. The summed E-state index contributed by atoms with van der Waals surface area (Å²) in [5, 5.41) is 6.35. The zero-order valence-corrected chi connectivity index (χ0v) is 21.1. The van der Waals surface area contributed by atoms with E-state index >= 15 is 0 Å². The number of hydrogen-bond donors (Lipinski definition) is 2. The van der Waals surface area contributed by atoms with Crippen molar-refractivity contribution in [3.05, 3.63) is 86.9 Å². The van der Waals surface area contributed by atoms with Gasteiger partial charge in [-0.25, -0.2) is 22.9 Å². The maximum Gasteiger partial charge on any atom is 0.274 e. The van der Waals surface area contributed by atoms with E-state index in [0.29, 0.717) is 39.6 Å². The van der Waals surface area contributed by atoms with Gasteiger partial charge in [0.15, 0.2) is 0 Å². The van der Waals surface area contributed by atoms with E-state index in [9.17, 15) is 17.6 Å². The van der Waals surface area contributed by atoms with Crippen LogP contribution in [-0.4, -0.2) is 33.3 Å². The van der Waals surface area contributed by atoms with Gasteiger partial charge < -0.3 is 14.1 Å². The number of aromatic amines is 1. The first-order valence-corrected chi connectivity index (χ1v) is 13.2. The Hall–Kier alpha value is -3.47. The number of hydrogen-bond acceptors (Lipinski definition) is 4. The summed E-state index contributed by atoms with van der Waals surface area (Å²) in [6.45, 7) is 2.18. The normalized spacial score (nSPS) is 12.1. The molecule has 8 nitrogen and oxygen atoms in total. The highest BCUT2D eigenvalue weighted by Crippen LogP contribution is 2.33. The second-order valence-corrected chi connectivity index (χ2v) is 11.0. The number of nitrogens with zero attached hydrogens (tertiary/aromatic N) is 3. The van der Waals surface area contributed by atoms with Crippen molar-refractivity contribution in [2.45, 2.75) is 19.9 Å². The van der Waals surface area contributed by atoms with Crippen LogP contribution in [0.25, 0.3) is 33.1 Å². The molecule has 0 atom stereocenters. The third-order valence-corrected chi connectivity index (χ3v) is 7.45. The molecule has 0 bridgehead atoms. The maximum atomic E-state index is 13.6. The summed E-state index contributed by atoms with van der Waals surface area (Å²) in [5.41, 5.74) is 4.75. The molecule has 0 amide bonds. The summed E-state index contributed by atoms with van der Waals surface area (Å²) in [6.07, 6.45) is 3.63. The maximum absolute atomic E-state index is 13.6. The highest BCUT2D eigenvalue weighted by atomic mass is 35.5. The number of fused-ring (bicyclic) bond motifs is 2. The van der Waals surface area contributed by atoms with Crippen molar-refractivity contribution in [1.29, 1.82) is 0 Å². The Bertz CT molecular complexity index is 1820. The lowest BCUT2D eigenvalue weighted by Crippen LogP contribution is -2.18. The van der Waals surface area contributed by atoms with Crippen LogP contribution < -0.4 is 10.7 Å². The number of sulfonamides is 1. The second-order valence-electron chi connectivity index (χ2n) is 8.83. The van der Waals surface area contributed by atoms with Crippen LogP contribution in [0.3, 0.4) is 0 Å². The van der Waals surface area contributed by atoms with Gasteiger partial charge in [-0.3, -0.25) is 4.79 Å². The molecule has 0 fully saturated rings. The van der Waals surface area contributed by atoms with Gasteiger partial charge in [-0.2, -0.15) is 0 Å². The van der Waals surface area contributed by atoms with E-state index in [2.05, 4.69) is 4.98 Å². The molecule has 2 aromatic carbocycles. The minimum Gasteiger partial charge on any atom is -0.357 e. The van der Waals surface area contributed by atoms with Crippen LogP contribution >= 0.6 is 11.6 Å². The van der Waals surface area contributed by atoms with Gasteiger partial charge in [0.2, 0.25) is 10.0 Å². The lowest BCUT2D eigenvalue weighted by Gasteiger charge is -2.13. The third-order valence-electron chi connectivity index (χ3n) is 6.33. The first-order valence-electron chi connectivity index (χ1n) is 11.1. The molecule has 0 saturated carbocycles. The average molecular weight is 528 g/mol. The molecule has 0 aliphatic heterocycles. The SMILES string of the molecule is Cc1nc2c(CCS(N)(=O)=O)cc(-c3cn(C)c(=O)c4[nH]ccc34)cc2n1Cc1ccc(F)cc1Cl. The Kier molecular flexibility index (Phi) is 5.98. The molecule has 0 radical (unpaired) electrons. The molecule has 3 aromatic heterocycles. The number of nitrogens with one attached hydrogen (secondary N) is 1. The number of aromatic nitrogens is 4. The number of nitrogens with two attached hydrogens (primary N) is 1. The van der Waals surface area contributed by atoms with Crippen LogP contribution in [0.1, 0.15) is 17.0 Å². The van der Waals surface area contributed by atoms with Crippen molar-refractivity contribution in [2.75, 3.05) is 5.75 Å². The van der Waals surface area contributed by atoms with Crippen molar-refractivity contribution in [1.82, 2.24) is 19.1 Å². The Labute approximate surface area is 211 Å². The minimum atomic E-state index is -3.71. The molecule has 5 aromatic rings. The van der Waals surface area contributed by atoms with Crippen molar-refractivity contribution in [3.63, 3.8) is 0 Å². The van der Waals surface area contributed by atoms with Gasteiger partial charge in [0, 0.05) is 35.4 Å². The van der Waals surface area contributed by atoms with E-state index < -0.39 is 15.8 Å². The van der Waals surface area contributed by atoms with E-state index in [4.69, 9.17) is 21.7 Å². The predicted octanol–water partition coefficient (Wildman–Crippen LogP) is 3.86. The fourth-order valence-corrected chi connectivity index (χ4v) is 5.26. The number of imidazole rings is 1. The highest BCUT2D eigenvalue weighted by molar-refractivity contribution is 7.89. The molecule has 36 heavy (non-hydrogen) atoms. The molecule has 11 heteroatoms. The predicted molar refractivity (Wildman–Crippen MR) is 139 cm³/mol. The van der Waals surface area contributed by atoms with Crippen molar-refractivity contribution in [3.8, 4) is 11.1 Å². The van der Waals surface area contributed by atoms with E-state index in [1.165, 1.54) is 16.7 Å². The molecule has 0 saturated heterocycles. The Morgan fingerprint density at radius 2 is 1.94 bits per heavy atom. The van der Waals surface area contributed by atoms with Crippen LogP contribution in [-0.2, 0) is 30.0 Å². The van der Waals surface area contributed by atoms with E-state index in [1.54, 1.807) is 25.5 Å². The number of primary sulfonamides is 1. The first kappa shape index (κ1) is 24.2. The number of aryl methyl sites for hydroxylation is 3. The van der Waals surface area contributed by atoms with Crippen LogP contribution in [0.4, 0.5) is 4.39 Å². The standard InChI is InChI=1S/C25H23ClFN5O3S/c1-14-30-23-15(6-8-36(28,34)35)9-17(20-13-31(2)25(33)24-19(20)5-7-29-24)10-22(23)32(14)12-16-3-4-18(27)11-21(16)26/h3-5,7,9-11,13,29H,6,8,12H2,1-2H3,(H2,28,34,35). The third kappa shape index (κ3) is 4.43. The molecule has 3 heterocycles. The number of benzene rings is 2. The van der Waals surface area contributed by atoms with Crippen LogP contribution in [0.2, 0.25) is 5.02 Å². The molecule has 5 rings (SSSR count). The molecule has 186 valence electrons. The smallest absolute Gasteiger partial charge is 0.274 e. The largest absolute Gasteiger partial charge is 0.357 e. The second kappa shape index (κ2) is 8.88. The molecule has 0 unspecified atom stereocenters. The van der Waals surface area contributed by atoms with Gasteiger partial charge in [0.25, 0.3) is 5.56 Å². The first-order chi connectivity index (χ1) is 17.0. The Balaban J connectivity index is 1.75. The number of pyridine rings is 1. The molecular weight excluding hydrogens is 505 g/mol. The quantitative estimate of drug-likeness (QED) is 0.349. The lowest BCUT2D eigenvalue weighted by molar-refractivity contribution is 0.597. The molecule has 0 spiro atoms. The molecular formula is C25H23ClFN5O3S. The van der Waals surface area contributed by atoms with Crippen LogP contribution in [0, 0.1) is 12.7 Å². The molecule has 0 aliphatic rings. The van der Waals surface area contributed by atoms with Crippen molar-refractivity contribution >= 4 is 43.6 Å². The van der Waals surface area contributed by atoms with Gasteiger partial charge >= 0.3 is 0 Å². The zero-order chi connectivity index (χ0) is 25.8. The van der Waals surface area contributed by atoms with E-state index in [1.807, 2.05) is 29.7 Å². The lowest BCUT2D eigenvalue weighted by atomic mass is 9.99. The molecule has 3 N–H and O–H groups in total. The number of rotatable bonds is 6. The summed E-state index contributed by atoms with van der Waals surface area (Å²) in [4.78, 5) is 20.3. The summed E-state index contributed by atoms with van der Waals surface area (Å²) in [7, 11) is -2.03. The number of H-pyrrole nitrogens is 1. The fraction of sp³-hybridized carbons (Fsp3) is 0.200. The van der Waals surface area contributed by atoms with Crippen molar-refractivity contribution < 1.29 is 12.8 Å². The topological polar surface area (TPSA) is 116 Å². The summed E-state index contributed by atoms with van der Waals surface area (Å²) in [6, 6.07) is 9.93. The van der Waals surface area contributed by atoms with Gasteiger partial charge in [-0.05, 0) is 60.4 Å². The van der Waals surface area contributed by atoms with E-state index in [0.717, 1.165) is 22.0 Å². The Morgan fingerprint density at radius 3 is 2.67 bits per heavy atom. The van der Waals surface area contributed by atoms with Crippen molar-refractivity contribution in [2.24, 2.45) is 12.2 Å². The van der Waals surface area contributed by atoms with Crippen LogP contribution in [0.15, 0.2) is 53.6 Å². The Morgan fingerprint density at radius 1 is 1.17 bits per heavy atom. The van der Waals surface area contributed by atoms with Gasteiger partial charge in [-0.15, -0.1) is 0 Å². The van der Waals surface area contributed by atoms with Crippen LogP contribution in [0.5, 0.6) is 0 Å². The average Bonchev–Trinajstić information content (AvgIpc) is 3.41. The minimum absolute atomic E-state index is 0.152. The fourth-order valence-electron chi connectivity index (χ4n) is 4.53. The molecule has 0 aliphatic carbocycles. The van der Waals surface area contributed by atoms with Gasteiger partial charge in [-0.1, -0.05) is 17.7 Å².